The topological polar surface area (TPSA) is 0 Å². The second-order valence-corrected chi connectivity index (χ2v) is 33.9. The fourth-order valence-corrected chi connectivity index (χ4v) is 21.1. The summed E-state index contributed by atoms with van der Waals surface area (Å²) in [7, 11) is 16.0. The molecular weight excluding hydrogens is 1320 g/mol. The van der Waals surface area contributed by atoms with Gasteiger partial charge in [0, 0.05) is 15.8 Å². The number of rotatable bonds is 18. The molecule has 0 aliphatic carbocycles. The van der Waals surface area contributed by atoms with Crippen molar-refractivity contribution in [3.8, 4) is 0 Å². The van der Waals surface area contributed by atoms with Crippen LogP contribution in [-0.4, -0.2) is 0 Å². The molecule has 12 aromatic carbocycles. The molecule has 452 valence electrons. The molecule has 10 heteroatoms. The van der Waals surface area contributed by atoms with Crippen LogP contribution in [0, 0.1) is 0 Å². The molecule has 0 atom stereocenters. The second-order valence-electron chi connectivity index (χ2n) is 20.5. The van der Waals surface area contributed by atoms with E-state index in [9.17, 15) is 0 Å². The van der Waals surface area contributed by atoms with Crippen molar-refractivity contribution in [3.05, 3.63) is 397 Å². The molecule has 0 aliphatic heterocycles. The zero-order valence-corrected chi connectivity index (χ0v) is 58.0. The van der Waals surface area contributed by atoms with E-state index in [4.69, 9.17) is 40.8 Å². The van der Waals surface area contributed by atoms with Gasteiger partial charge in [0.05, 0.1) is 52.8 Å². The number of hydrogen-bond donors (Lipinski definition) is 0. The molecule has 12 rings (SSSR count). The van der Waals surface area contributed by atoms with Gasteiger partial charge in [-0.05, 0) is 106 Å². The Kier molecular flexibility index (Phi) is 34.4. The summed E-state index contributed by atoms with van der Waals surface area (Å²) in [5, 5.41) is 8.61. The Labute approximate surface area is 558 Å². The maximum atomic E-state index is 4.70. The predicted molar refractivity (Wildman–Crippen MR) is 394 cm³/mol. The fraction of sp³-hybridized carbons (Fsp3) is 0.0769. The van der Waals surface area contributed by atoms with Crippen LogP contribution < -0.4 is 31.8 Å². The van der Waals surface area contributed by atoms with Crippen molar-refractivity contribution in [3.63, 3.8) is 0 Å². The SMILES string of the molecule is [Cl][Ni][Cl].[Cl][Ni][Cl].c1ccc(C[PH+](Cc2ccccc2)Cc2ccccc2)cc1.c1ccc(C[PH+](Cc2ccccc2)Cc2ccccc2)cc1.c1ccc([PH+](c2ccccc2)c2ccccc2)cc1.c1ccc([PH+](c2ccccc2)c2ccccc2)cc1. The van der Waals surface area contributed by atoms with Crippen molar-refractivity contribution < 1.29 is 25.3 Å². The third-order valence-electron chi connectivity index (χ3n) is 14.2. The van der Waals surface area contributed by atoms with Crippen LogP contribution in [0.15, 0.2) is 364 Å². The van der Waals surface area contributed by atoms with Gasteiger partial charge in [-0.2, -0.15) is 0 Å². The Morgan fingerprint density at radius 3 is 0.386 bits per heavy atom. The van der Waals surface area contributed by atoms with Crippen LogP contribution in [-0.2, 0) is 62.3 Å². The van der Waals surface area contributed by atoms with Crippen molar-refractivity contribution in [1.82, 2.24) is 0 Å². The van der Waals surface area contributed by atoms with Gasteiger partial charge in [0.1, 0.15) is 31.8 Å². The average molecular weight is 1400 g/mol. The summed E-state index contributed by atoms with van der Waals surface area (Å²) in [4.78, 5) is 0. The van der Waals surface area contributed by atoms with Gasteiger partial charge in [-0.15, -0.1) is 0 Å². The van der Waals surface area contributed by atoms with Crippen LogP contribution in [0.4, 0.5) is 0 Å². The van der Waals surface area contributed by atoms with Gasteiger partial charge in [0.2, 0.25) is 0 Å². The van der Waals surface area contributed by atoms with Gasteiger partial charge < -0.3 is 0 Å². The minimum Gasteiger partial charge on any atom is -0.0622 e. The molecular formula is C78H76Cl4Ni2P4+4. The number of benzene rings is 12. The maximum Gasteiger partial charge on any atom is 0.102 e. The second kappa shape index (κ2) is 43.3. The molecule has 0 saturated carbocycles. The number of hydrogen-bond acceptors (Lipinski definition) is 0. The Bertz CT molecular complexity index is 2980. The molecule has 12 aromatic rings. The first kappa shape index (κ1) is 70.0. The molecule has 0 unspecified atom stereocenters. The molecule has 0 radical (unpaired) electrons. The standard InChI is InChI=1S/2C21H21P.2C18H15P.4ClH.2Ni/c2*1-4-10-19(11-5-1)16-22(17-20-12-6-2-7-13-20)18-21-14-8-3-9-15-21;2*1-4-10-16(11-5-1)19(17-12-6-2-7-13-17)18-14-8-3-9-15-18;;;;;;/h2*1-15H,16-18H2;2*1-15H;4*1H;;/q;;;;;;;;2*+2. The van der Waals surface area contributed by atoms with E-state index >= 15 is 0 Å². The summed E-state index contributed by atoms with van der Waals surface area (Å²) in [5.41, 5.74) is 8.85. The first-order valence-electron chi connectivity index (χ1n) is 29.1. The first-order chi connectivity index (χ1) is 43.5. The van der Waals surface area contributed by atoms with E-state index < -0.39 is 31.7 Å². The molecule has 0 fully saturated rings. The van der Waals surface area contributed by atoms with Crippen molar-refractivity contribution in [2.45, 2.75) is 37.0 Å². The van der Waals surface area contributed by atoms with Crippen LogP contribution in [0.5, 0.6) is 0 Å². The summed E-state index contributed by atoms with van der Waals surface area (Å²) in [6.45, 7) is 0. The molecule has 0 saturated heterocycles. The van der Waals surface area contributed by atoms with Crippen LogP contribution in [0.2, 0.25) is 0 Å². The molecule has 0 nitrogen and oxygen atoms in total. The largest absolute Gasteiger partial charge is 0.102 e. The van der Waals surface area contributed by atoms with Crippen LogP contribution in [0.3, 0.4) is 0 Å². The zero-order valence-electron chi connectivity index (χ0n) is 49.0. The third-order valence-corrected chi connectivity index (χ3v) is 25.1. The quantitative estimate of drug-likeness (QED) is 0.0593. The van der Waals surface area contributed by atoms with E-state index in [0.29, 0.717) is 25.3 Å². The van der Waals surface area contributed by atoms with Crippen molar-refractivity contribution in [2.24, 2.45) is 0 Å². The van der Waals surface area contributed by atoms with Gasteiger partial charge in [0.15, 0.2) is 0 Å². The zero-order chi connectivity index (χ0) is 61.3. The van der Waals surface area contributed by atoms with Crippen molar-refractivity contribution in [1.29, 1.82) is 0 Å². The monoisotopic (exact) mass is 1390 g/mol. The molecule has 0 spiro atoms. The van der Waals surface area contributed by atoms with E-state index in [-0.39, 0.29) is 0 Å². The Morgan fingerprint density at radius 2 is 0.273 bits per heavy atom. The first-order valence-corrected chi connectivity index (χ1v) is 41.8. The Balaban J connectivity index is 0.000000163. The molecule has 0 N–H and O–H groups in total. The summed E-state index contributed by atoms with van der Waals surface area (Å²) in [6.07, 6.45) is 7.39. The van der Waals surface area contributed by atoms with Crippen LogP contribution in [0.25, 0.3) is 0 Å². The molecule has 0 heterocycles. The molecule has 88 heavy (non-hydrogen) atoms. The predicted octanol–water partition coefficient (Wildman–Crippen LogP) is 20.7. The van der Waals surface area contributed by atoms with Gasteiger partial charge >= 0.3 is 66.1 Å². The van der Waals surface area contributed by atoms with Crippen LogP contribution in [0.1, 0.15) is 33.4 Å². The smallest absolute Gasteiger partial charge is 0.0622 e. The van der Waals surface area contributed by atoms with Gasteiger partial charge in [0.25, 0.3) is 0 Å². The maximum absolute atomic E-state index is 4.70. The fourth-order valence-electron chi connectivity index (χ4n) is 10.3. The summed E-state index contributed by atoms with van der Waals surface area (Å²) < 4.78 is 0. The summed E-state index contributed by atoms with van der Waals surface area (Å²) >= 11 is 1.14. The van der Waals surface area contributed by atoms with Crippen molar-refractivity contribution >= 4 is 104 Å². The number of halogens is 4. The van der Waals surface area contributed by atoms with E-state index in [2.05, 4.69) is 364 Å². The minimum atomic E-state index is -0.877. The van der Waals surface area contributed by atoms with Gasteiger partial charge in [-0.25, -0.2) is 0 Å². The molecule has 0 aliphatic rings. The van der Waals surface area contributed by atoms with E-state index in [1.165, 1.54) is 102 Å². The van der Waals surface area contributed by atoms with Gasteiger partial charge in [-0.3, -0.25) is 0 Å². The minimum absolute atomic E-state index is 0.502. The Hall–Kier alpha value is -5.49. The van der Waals surface area contributed by atoms with E-state index in [0.717, 1.165) is 0 Å². The molecule has 0 aromatic heterocycles. The normalized spacial score (nSPS) is 10.5. The summed E-state index contributed by atoms with van der Waals surface area (Å²) in [5.74, 6) is 0. The van der Waals surface area contributed by atoms with E-state index in [1.54, 1.807) is 0 Å². The average Bonchev–Trinajstić information content (AvgIpc) is 3.52. The molecule has 0 amide bonds. The third kappa shape index (κ3) is 26.5. The van der Waals surface area contributed by atoms with Crippen LogP contribution >= 0.6 is 72.5 Å². The van der Waals surface area contributed by atoms with Gasteiger partial charge in [-0.1, -0.05) is 291 Å². The Morgan fingerprint density at radius 1 is 0.170 bits per heavy atom. The van der Waals surface area contributed by atoms with E-state index in [1.807, 2.05) is 0 Å². The summed E-state index contributed by atoms with van der Waals surface area (Å²) in [6, 6.07) is 131. The molecule has 0 bridgehead atoms. The van der Waals surface area contributed by atoms with Crippen molar-refractivity contribution in [2.75, 3.05) is 0 Å².